The van der Waals surface area contributed by atoms with Crippen molar-refractivity contribution >= 4 is 0 Å². The lowest BCUT2D eigenvalue weighted by Crippen LogP contribution is -2.67. The van der Waals surface area contributed by atoms with Crippen LogP contribution in [0.5, 0.6) is 0 Å². The lowest BCUT2D eigenvalue weighted by molar-refractivity contribution is -0.354. The van der Waals surface area contributed by atoms with Gasteiger partial charge >= 0.3 is 0 Å². The zero-order valence-corrected chi connectivity index (χ0v) is 23.4. The number of aliphatic hydroxyl groups excluding tert-OH is 15. The van der Waals surface area contributed by atoms with Gasteiger partial charge in [-0.25, -0.2) is 0 Å². The SMILES string of the molecule is OCC1O[C@H](OCC2O[C@H](OCC3O[C@@H](OC4C(O)C(O)C(O)C(O)[C@@H]4O)C(O)[C@H](O)[C@H]3O)C(O)[C@H](O)[C@H]2O)C(O)[C@H](O)[C@H]1O. The summed E-state index contributed by atoms with van der Waals surface area (Å²) in [6.45, 7) is -2.15. The van der Waals surface area contributed by atoms with Crippen molar-refractivity contribution in [2.45, 2.75) is 129 Å². The predicted octanol–water partition coefficient (Wildman–Crippen LogP) is -10.4. The average molecular weight is 667 g/mol. The summed E-state index contributed by atoms with van der Waals surface area (Å²) < 4.78 is 32.1. The third-order valence-corrected chi connectivity index (χ3v) is 8.40. The van der Waals surface area contributed by atoms with Crippen LogP contribution in [0.2, 0.25) is 0 Å². The Bertz CT molecular complexity index is 915. The van der Waals surface area contributed by atoms with E-state index in [1.165, 1.54) is 0 Å². The van der Waals surface area contributed by atoms with Crippen molar-refractivity contribution in [3.8, 4) is 0 Å². The molecule has 15 N–H and O–H groups in total. The second-order valence-corrected chi connectivity index (χ2v) is 11.4. The van der Waals surface area contributed by atoms with Gasteiger partial charge in [-0.2, -0.15) is 0 Å². The molecule has 21 nitrogen and oxygen atoms in total. The monoisotopic (exact) mass is 666 g/mol. The first kappa shape index (κ1) is 37.0. The lowest BCUT2D eigenvalue weighted by Gasteiger charge is -2.46. The summed E-state index contributed by atoms with van der Waals surface area (Å²) in [5.74, 6) is 0. The molecular weight excluding hydrogens is 624 g/mol. The Balaban J connectivity index is 1.38. The lowest BCUT2D eigenvalue weighted by atomic mass is 9.84. The van der Waals surface area contributed by atoms with Gasteiger partial charge in [-0.3, -0.25) is 0 Å². The molecule has 1 aliphatic carbocycles. The Morgan fingerprint density at radius 2 is 0.667 bits per heavy atom. The molecule has 0 bridgehead atoms. The molecule has 0 aromatic carbocycles. The van der Waals surface area contributed by atoms with Crippen molar-refractivity contribution in [1.82, 2.24) is 0 Å². The van der Waals surface area contributed by atoms with Gasteiger partial charge in [0.2, 0.25) is 0 Å². The maximum atomic E-state index is 10.4. The molecule has 0 aromatic heterocycles. The van der Waals surface area contributed by atoms with Crippen molar-refractivity contribution < 1.29 is 105 Å². The standard InChI is InChI=1S/C24H42O21/c25-1-4-7(26)10(29)18(37)22(42-4)40-2-5-8(27)11(30)19(38)23(43-5)41-3-6-9(28)12(31)20(39)24(44-6)45-21-16(35)14(33)13(32)15(34)17(21)36/h4-39H,1-3H2/t4?,5?,6?,7-,8-,9-,10+,11+,12+,13?,14?,15?,16-,17?,18?,19?,20?,21?,22-,23-,24-/m0/s1. The second kappa shape index (κ2) is 15.1. The molecule has 0 radical (unpaired) electrons. The van der Waals surface area contributed by atoms with Crippen LogP contribution in [0.15, 0.2) is 0 Å². The van der Waals surface area contributed by atoms with Gasteiger partial charge in [0, 0.05) is 0 Å². The maximum absolute atomic E-state index is 10.4. The molecule has 3 heterocycles. The van der Waals surface area contributed by atoms with E-state index in [0.717, 1.165) is 0 Å². The van der Waals surface area contributed by atoms with Crippen LogP contribution in [-0.4, -0.2) is 225 Å². The van der Waals surface area contributed by atoms with E-state index in [0.29, 0.717) is 0 Å². The van der Waals surface area contributed by atoms with E-state index in [-0.39, 0.29) is 0 Å². The molecule has 45 heavy (non-hydrogen) atoms. The predicted molar refractivity (Wildman–Crippen MR) is 134 cm³/mol. The third kappa shape index (κ3) is 7.44. The molecule has 0 amide bonds. The summed E-state index contributed by atoms with van der Waals surface area (Å²) >= 11 is 0. The van der Waals surface area contributed by atoms with Gasteiger partial charge in [0.25, 0.3) is 0 Å². The summed E-state index contributed by atoms with van der Waals surface area (Å²) in [6.07, 6.45) is -38.1. The molecular formula is C24H42O21. The highest BCUT2D eigenvalue weighted by atomic mass is 16.7. The van der Waals surface area contributed by atoms with E-state index in [1.54, 1.807) is 0 Å². The van der Waals surface area contributed by atoms with E-state index >= 15 is 0 Å². The number of rotatable bonds is 9. The van der Waals surface area contributed by atoms with Crippen molar-refractivity contribution in [2.75, 3.05) is 19.8 Å². The first-order valence-electron chi connectivity index (χ1n) is 14.1. The van der Waals surface area contributed by atoms with Gasteiger partial charge in [0.1, 0.15) is 110 Å². The van der Waals surface area contributed by atoms with Crippen LogP contribution in [-0.2, 0) is 28.4 Å². The van der Waals surface area contributed by atoms with Crippen LogP contribution in [0.25, 0.3) is 0 Å². The van der Waals surface area contributed by atoms with E-state index in [2.05, 4.69) is 0 Å². The third-order valence-electron chi connectivity index (χ3n) is 8.40. The van der Waals surface area contributed by atoms with E-state index < -0.39 is 149 Å². The summed E-state index contributed by atoms with van der Waals surface area (Å²) in [5, 5.41) is 152. The van der Waals surface area contributed by atoms with Gasteiger partial charge in [0.15, 0.2) is 18.9 Å². The van der Waals surface area contributed by atoms with Crippen molar-refractivity contribution in [1.29, 1.82) is 0 Å². The van der Waals surface area contributed by atoms with Gasteiger partial charge < -0.3 is 105 Å². The van der Waals surface area contributed by atoms with Crippen molar-refractivity contribution in [2.24, 2.45) is 0 Å². The smallest absolute Gasteiger partial charge is 0.187 e. The van der Waals surface area contributed by atoms with Crippen LogP contribution >= 0.6 is 0 Å². The Labute approximate surface area is 254 Å². The van der Waals surface area contributed by atoms with Crippen LogP contribution in [0, 0.1) is 0 Å². The summed E-state index contributed by atoms with van der Waals surface area (Å²) in [6, 6.07) is 0. The highest BCUT2D eigenvalue weighted by molar-refractivity contribution is 5.01. The molecule has 11 unspecified atom stereocenters. The summed E-state index contributed by atoms with van der Waals surface area (Å²) in [4.78, 5) is 0. The molecule has 21 heteroatoms. The molecule has 4 rings (SSSR count). The van der Waals surface area contributed by atoms with E-state index in [1.807, 2.05) is 0 Å². The molecule has 0 aromatic rings. The topological polar surface area (TPSA) is 359 Å². The molecule has 3 saturated heterocycles. The molecule has 264 valence electrons. The molecule has 4 aliphatic rings. The van der Waals surface area contributed by atoms with Crippen LogP contribution in [0.1, 0.15) is 0 Å². The zero-order valence-electron chi connectivity index (χ0n) is 23.4. The van der Waals surface area contributed by atoms with Crippen LogP contribution in [0.3, 0.4) is 0 Å². The average Bonchev–Trinajstić information content (AvgIpc) is 3.03. The van der Waals surface area contributed by atoms with Gasteiger partial charge in [-0.15, -0.1) is 0 Å². The molecule has 0 spiro atoms. The van der Waals surface area contributed by atoms with Gasteiger partial charge in [-0.05, 0) is 0 Å². The largest absolute Gasteiger partial charge is 0.394 e. The number of hydrogen-bond donors (Lipinski definition) is 15. The fraction of sp³-hybridized carbons (Fsp3) is 1.00. The summed E-state index contributed by atoms with van der Waals surface area (Å²) in [5.41, 5.74) is 0. The quantitative estimate of drug-likeness (QED) is 0.109. The number of ether oxygens (including phenoxy) is 6. The van der Waals surface area contributed by atoms with Crippen molar-refractivity contribution in [3.63, 3.8) is 0 Å². The molecule has 4 fully saturated rings. The highest BCUT2D eigenvalue weighted by Gasteiger charge is 2.53. The fourth-order valence-corrected chi connectivity index (χ4v) is 5.46. The second-order valence-electron chi connectivity index (χ2n) is 11.4. The van der Waals surface area contributed by atoms with Crippen LogP contribution in [0.4, 0.5) is 0 Å². The van der Waals surface area contributed by atoms with Gasteiger partial charge in [0.05, 0.1) is 19.8 Å². The van der Waals surface area contributed by atoms with Gasteiger partial charge in [-0.1, -0.05) is 0 Å². The molecule has 1 saturated carbocycles. The normalized spacial score (nSPS) is 54.6. The first-order valence-corrected chi connectivity index (χ1v) is 14.1. The zero-order chi connectivity index (χ0) is 33.5. The molecule has 3 aliphatic heterocycles. The Morgan fingerprint density at radius 1 is 0.356 bits per heavy atom. The van der Waals surface area contributed by atoms with E-state index in [4.69, 9.17) is 28.4 Å². The number of hydrogen-bond acceptors (Lipinski definition) is 21. The maximum Gasteiger partial charge on any atom is 0.187 e. The van der Waals surface area contributed by atoms with Crippen LogP contribution < -0.4 is 0 Å². The Morgan fingerprint density at radius 3 is 1.09 bits per heavy atom. The highest BCUT2D eigenvalue weighted by Crippen LogP contribution is 2.31. The minimum absolute atomic E-state index is 0.657. The Kier molecular flexibility index (Phi) is 12.5. The Hall–Kier alpha value is -0.840. The first-order chi connectivity index (χ1) is 21.1. The molecule has 21 atom stereocenters. The number of aliphatic hydroxyl groups is 15. The van der Waals surface area contributed by atoms with E-state index in [9.17, 15) is 76.6 Å². The summed E-state index contributed by atoms with van der Waals surface area (Å²) in [7, 11) is 0. The minimum Gasteiger partial charge on any atom is -0.394 e. The van der Waals surface area contributed by atoms with Crippen molar-refractivity contribution in [3.05, 3.63) is 0 Å². The fourth-order valence-electron chi connectivity index (χ4n) is 5.46. The minimum atomic E-state index is -2.01.